The first-order chi connectivity index (χ1) is 13.0. The molecule has 0 aliphatic heterocycles. The topological polar surface area (TPSA) is 67.4 Å². The van der Waals surface area contributed by atoms with Crippen molar-refractivity contribution in [3.63, 3.8) is 0 Å². The van der Waals surface area contributed by atoms with Crippen LogP contribution in [-0.2, 0) is 4.79 Å². The largest absolute Gasteiger partial charge is 0.494 e. The van der Waals surface area contributed by atoms with E-state index in [4.69, 9.17) is 4.74 Å². The zero-order valence-electron chi connectivity index (χ0n) is 16.2. The molecule has 2 rings (SSSR count). The van der Waals surface area contributed by atoms with Crippen molar-refractivity contribution in [2.75, 3.05) is 11.9 Å². The van der Waals surface area contributed by atoms with E-state index in [1.165, 1.54) is 0 Å². The van der Waals surface area contributed by atoms with Gasteiger partial charge in [-0.15, -0.1) is 0 Å². The summed E-state index contributed by atoms with van der Waals surface area (Å²) in [5.74, 6) is 0.562. The van der Waals surface area contributed by atoms with Gasteiger partial charge in [0, 0.05) is 12.5 Å². The summed E-state index contributed by atoms with van der Waals surface area (Å²) in [5.41, 5.74) is 2.17. The third kappa shape index (κ3) is 7.13. The molecule has 2 amide bonds. The van der Waals surface area contributed by atoms with Crippen molar-refractivity contribution >= 4 is 17.5 Å². The summed E-state index contributed by atoms with van der Waals surface area (Å²) in [6.07, 6.45) is 1.90. The maximum absolute atomic E-state index is 12.2. The van der Waals surface area contributed by atoms with E-state index in [0.29, 0.717) is 24.3 Å². The zero-order chi connectivity index (χ0) is 19.6. The van der Waals surface area contributed by atoms with Gasteiger partial charge in [-0.3, -0.25) is 9.59 Å². The minimum absolute atomic E-state index is 0.0367. The second-order valence-corrected chi connectivity index (χ2v) is 6.84. The van der Waals surface area contributed by atoms with Gasteiger partial charge in [-0.2, -0.15) is 0 Å². The molecule has 0 saturated carbocycles. The Hall–Kier alpha value is -2.82. The molecule has 0 saturated heterocycles. The highest BCUT2D eigenvalue weighted by molar-refractivity contribution is 6.03. The lowest BCUT2D eigenvalue weighted by Crippen LogP contribution is -2.31. The van der Waals surface area contributed by atoms with Gasteiger partial charge < -0.3 is 15.4 Å². The predicted molar refractivity (Wildman–Crippen MR) is 108 cm³/mol. The molecule has 27 heavy (non-hydrogen) atoms. The van der Waals surface area contributed by atoms with Crippen LogP contribution in [0.2, 0.25) is 0 Å². The fourth-order valence-corrected chi connectivity index (χ4v) is 2.63. The van der Waals surface area contributed by atoms with Crippen molar-refractivity contribution in [3.05, 3.63) is 59.7 Å². The average Bonchev–Trinajstić information content (AvgIpc) is 2.61. The van der Waals surface area contributed by atoms with Crippen molar-refractivity contribution in [1.29, 1.82) is 0 Å². The summed E-state index contributed by atoms with van der Waals surface area (Å²) in [6, 6.07) is 15.0. The van der Waals surface area contributed by atoms with Crippen LogP contribution < -0.4 is 15.4 Å². The van der Waals surface area contributed by atoms with E-state index in [1.807, 2.05) is 45.0 Å². The predicted octanol–water partition coefficient (Wildman–Crippen LogP) is 4.32. The first-order valence-corrected chi connectivity index (χ1v) is 9.35. The van der Waals surface area contributed by atoms with Crippen molar-refractivity contribution in [2.45, 2.75) is 46.1 Å². The molecular weight excluding hydrogens is 340 g/mol. The quantitative estimate of drug-likeness (QED) is 0.648. The van der Waals surface area contributed by atoms with Gasteiger partial charge in [0.15, 0.2) is 0 Å². The van der Waals surface area contributed by atoms with Gasteiger partial charge >= 0.3 is 0 Å². The number of carbonyl (C=O) groups is 2. The summed E-state index contributed by atoms with van der Waals surface area (Å²) >= 11 is 0. The third-order valence-corrected chi connectivity index (χ3v) is 3.92. The smallest absolute Gasteiger partial charge is 0.253 e. The lowest BCUT2D eigenvalue weighted by Gasteiger charge is -2.13. The molecule has 2 aromatic carbocycles. The maximum atomic E-state index is 12.2. The normalized spacial score (nSPS) is 10.5. The van der Waals surface area contributed by atoms with Crippen LogP contribution in [0.5, 0.6) is 5.75 Å². The van der Waals surface area contributed by atoms with Gasteiger partial charge in [0.05, 0.1) is 17.9 Å². The monoisotopic (exact) mass is 368 g/mol. The average molecular weight is 368 g/mol. The number of ether oxygens (including phenoxy) is 1. The lowest BCUT2D eigenvalue weighted by atomic mass is 10.1. The number of aryl methyl sites for hydroxylation is 1. The van der Waals surface area contributed by atoms with Gasteiger partial charge in [0.25, 0.3) is 5.91 Å². The van der Waals surface area contributed by atoms with Crippen molar-refractivity contribution < 1.29 is 14.3 Å². The Bertz CT molecular complexity index is 772. The van der Waals surface area contributed by atoms with E-state index in [-0.39, 0.29) is 17.9 Å². The first-order valence-electron chi connectivity index (χ1n) is 9.35. The van der Waals surface area contributed by atoms with Gasteiger partial charge in [-0.05, 0) is 63.4 Å². The molecule has 0 radical (unpaired) electrons. The lowest BCUT2D eigenvalue weighted by molar-refractivity contribution is -0.116. The molecular formula is C22H28N2O3. The third-order valence-electron chi connectivity index (χ3n) is 3.92. The van der Waals surface area contributed by atoms with Crippen LogP contribution in [0.4, 0.5) is 5.69 Å². The number of hydrogen-bond acceptors (Lipinski definition) is 3. The van der Waals surface area contributed by atoms with Crippen molar-refractivity contribution in [2.24, 2.45) is 0 Å². The molecule has 0 unspecified atom stereocenters. The molecule has 0 atom stereocenters. The van der Waals surface area contributed by atoms with E-state index in [2.05, 4.69) is 10.6 Å². The van der Waals surface area contributed by atoms with Crippen molar-refractivity contribution in [1.82, 2.24) is 5.32 Å². The Labute approximate surface area is 161 Å². The summed E-state index contributed by atoms with van der Waals surface area (Å²) in [6.45, 7) is 6.40. The molecule has 0 heterocycles. The molecule has 144 valence electrons. The van der Waals surface area contributed by atoms with Crippen LogP contribution in [0, 0.1) is 6.92 Å². The number of para-hydroxylation sites is 1. The Morgan fingerprint density at radius 2 is 1.81 bits per heavy atom. The Morgan fingerprint density at radius 1 is 1.04 bits per heavy atom. The fourth-order valence-electron chi connectivity index (χ4n) is 2.63. The first kappa shape index (κ1) is 20.5. The number of rotatable bonds is 9. The SMILES string of the molecule is Cc1cccc(OCCCCC(=O)Nc2ccccc2C(=O)NC(C)C)c1. The van der Waals surface area contributed by atoms with Crippen LogP contribution in [0.15, 0.2) is 48.5 Å². The van der Waals surface area contributed by atoms with Crippen LogP contribution in [0.3, 0.4) is 0 Å². The molecule has 2 aromatic rings. The van der Waals surface area contributed by atoms with E-state index >= 15 is 0 Å². The second-order valence-electron chi connectivity index (χ2n) is 6.84. The van der Waals surface area contributed by atoms with Gasteiger partial charge in [-0.1, -0.05) is 24.3 Å². The Kier molecular flexibility index (Phi) is 7.86. The molecule has 0 fully saturated rings. The van der Waals surface area contributed by atoms with E-state index in [0.717, 1.165) is 24.2 Å². The number of benzene rings is 2. The number of hydrogen-bond donors (Lipinski definition) is 2. The minimum Gasteiger partial charge on any atom is -0.494 e. The second kappa shape index (κ2) is 10.4. The van der Waals surface area contributed by atoms with Gasteiger partial charge in [0.1, 0.15) is 5.75 Å². The molecule has 5 nitrogen and oxygen atoms in total. The van der Waals surface area contributed by atoms with Crippen LogP contribution in [0.25, 0.3) is 0 Å². The number of anilines is 1. The summed E-state index contributed by atoms with van der Waals surface area (Å²) in [5, 5.41) is 5.69. The molecule has 0 bridgehead atoms. The number of nitrogens with one attached hydrogen (secondary N) is 2. The van der Waals surface area contributed by atoms with Gasteiger partial charge in [0.2, 0.25) is 5.91 Å². The van der Waals surface area contributed by atoms with Gasteiger partial charge in [-0.25, -0.2) is 0 Å². The van der Waals surface area contributed by atoms with Crippen LogP contribution in [0.1, 0.15) is 49.0 Å². The zero-order valence-corrected chi connectivity index (χ0v) is 16.2. The highest BCUT2D eigenvalue weighted by Crippen LogP contribution is 2.16. The highest BCUT2D eigenvalue weighted by atomic mass is 16.5. The molecule has 0 aliphatic carbocycles. The van der Waals surface area contributed by atoms with Crippen LogP contribution in [-0.4, -0.2) is 24.5 Å². The summed E-state index contributed by atoms with van der Waals surface area (Å²) in [7, 11) is 0. The number of carbonyl (C=O) groups excluding carboxylic acids is 2. The van der Waals surface area contributed by atoms with E-state index in [1.54, 1.807) is 24.3 Å². The molecule has 0 aromatic heterocycles. The van der Waals surface area contributed by atoms with Crippen molar-refractivity contribution in [3.8, 4) is 5.75 Å². The molecule has 0 spiro atoms. The van der Waals surface area contributed by atoms with E-state index < -0.39 is 0 Å². The fraction of sp³-hybridized carbons (Fsp3) is 0.364. The summed E-state index contributed by atoms with van der Waals surface area (Å²) < 4.78 is 5.69. The molecule has 2 N–H and O–H groups in total. The minimum atomic E-state index is -0.188. The number of unbranched alkanes of at least 4 members (excludes halogenated alkanes) is 1. The number of amides is 2. The standard InChI is InChI=1S/C22H28N2O3/c1-16(2)23-22(26)19-11-4-5-12-20(19)24-21(25)13-6-7-14-27-18-10-8-9-17(3)15-18/h4-5,8-12,15-16H,6-7,13-14H2,1-3H3,(H,23,26)(H,24,25). The maximum Gasteiger partial charge on any atom is 0.253 e. The van der Waals surface area contributed by atoms with E-state index in [9.17, 15) is 9.59 Å². The molecule has 5 heteroatoms. The van der Waals surface area contributed by atoms with Crippen LogP contribution >= 0.6 is 0 Å². The Balaban J connectivity index is 1.76. The highest BCUT2D eigenvalue weighted by Gasteiger charge is 2.13. The summed E-state index contributed by atoms with van der Waals surface area (Å²) in [4.78, 5) is 24.4. The Morgan fingerprint density at radius 3 is 2.56 bits per heavy atom. The molecule has 0 aliphatic rings.